The van der Waals surface area contributed by atoms with Crippen LogP contribution in [-0.4, -0.2) is 42.7 Å². The Labute approximate surface area is 155 Å². The van der Waals surface area contributed by atoms with Crippen LogP contribution in [0, 0.1) is 5.92 Å². The molecule has 1 aromatic carbocycles. The zero-order valence-corrected chi connectivity index (χ0v) is 15.5. The van der Waals surface area contributed by atoms with Gasteiger partial charge in [-0.3, -0.25) is 14.7 Å². The summed E-state index contributed by atoms with van der Waals surface area (Å²) in [5, 5.41) is 0. The molecular weight excluding hydrogens is 328 g/mol. The molecule has 0 N–H and O–H groups in total. The number of rotatable bonds is 6. The van der Waals surface area contributed by atoms with Gasteiger partial charge in [0, 0.05) is 31.0 Å². The maximum absolute atomic E-state index is 12.0. The lowest BCUT2D eigenvalue weighted by Gasteiger charge is -2.31. The van der Waals surface area contributed by atoms with Crippen LogP contribution >= 0.6 is 0 Å². The lowest BCUT2D eigenvalue weighted by Crippen LogP contribution is -2.38. The second kappa shape index (κ2) is 8.81. The Hall–Kier alpha value is -2.40. The van der Waals surface area contributed by atoms with Crippen molar-refractivity contribution in [2.45, 2.75) is 26.3 Å². The SMILES string of the molecule is CCOC(=O)C1CCCN(Cc2cncc(-c3cccc(OC)c3)c2)C1. The number of esters is 1. The Bertz CT molecular complexity index is 748. The normalized spacial score (nSPS) is 17.7. The Kier molecular flexibility index (Phi) is 6.23. The summed E-state index contributed by atoms with van der Waals surface area (Å²) in [7, 11) is 1.67. The van der Waals surface area contributed by atoms with Gasteiger partial charge in [0.15, 0.2) is 0 Å². The Morgan fingerprint density at radius 1 is 1.27 bits per heavy atom. The predicted octanol–water partition coefficient (Wildman–Crippen LogP) is 3.53. The van der Waals surface area contributed by atoms with Gasteiger partial charge in [0.25, 0.3) is 0 Å². The Morgan fingerprint density at radius 3 is 2.96 bits per heavy atom. The number of likely N-dealkylation sites (tertiary alicyclic amines) is 1. The van der Waals surface area contributed by atoms with Crippen molar-refractivity contribution in [3.05, 3.63) is 48.3 Å². The molecule has 1 saturated heterocycles. The van der Waals surface area contributed by atoms with Gasteiger partial charge < -0.3 is 9.47 Å². The first-order valence-corrected chi connectivity index (χ1v) is 9.17. The summed E-state index contributed by atoms with van der Waals surface area (Å²) in [6.45, 7) is 4.85. The molecule has 0 spiro atoms. The molecule has 0 aliphatic carbocycles. The molecule has 1 atom stereocenters. The van der Waals surface area contributed by atoms with Gasteiger partial charge in [-0.2, -0.15) is 0 Å². The molecule has 138 valence electrons. The first-order valence-electron chi connectivity index (χ1n) is 9.17. The average Bonchev–Trinajstić information content (AvgIpc) is 2.68. The average molecular weight is 354 g/mol. The molecule has 0 saturated carbocycles. The van der Waals surface area contributed by atoms with Crippen LogP contribution in [0.5, 0.6) is 5.75 Å². The topological polar surface area (TPSA) is 51.7 Å². The van der Waals surface area contributed by atoms with Gasteiger partial charge in [-0.05, 0) is 55.6 Å². The van der Waals surface area contributed by atoms with E-state index in [9.17, 15) is 4.79 Å². The molecule has 26 heavy (non-hydrogen) atoms. The summed E-state index contributed by atoms with van der Waals surface area (Å²) >= 11 is 0. The van der Waals surface area contributed by atoms with Gasteiger partial charge in [-0.15, -0.1) is 0 Å². The van der Waals surface area contributed by atoms with Crippen LogP contribution in [-0.2, 0) is 16.1 Å². The van der Waals surface area contributed by atoms with E-state index in [-0.39, 0.29) is 11.9 Å². The van der Waals surface area contributed by atoms with Crippen LogP contribution in [0.15, 0.2) is 42.7 Å². The number of pyridine rings is 1. The van der Waals surface area contributed by atoms with Crippen LogP contribution in [0.25, 0.3) is 11.1 Å². The molecule has 0 amide bonds. The third-order valence-electron chi connectivity index (χ3n) is 4.73. The molecule has 1 aliphatic rings. The van der Waals surface area contributed by atoms with Crippen LogP contribution in [0.3, 0.4) is 0 Å². The van der Waals surface area contributed by atoms with Gasteiger partial charge >= 0.3 is 5.97 Å². The number of ether oxygens (including phenoxy) is 2. The highest BCUT2D eigenvalue weighted by Crippen LogP contribution is 2.25. The van der Waals surface area contributed by atoms with Crippen LogP contribution < -0.4 is 4.74 Å². The van der Waals surface area contributed by atoms with Gasteiger partial charge in [0.2, 0.25) is 0 Å². The number of carbonyl (C=O) groups excluding carboxylic acids is 1. The van der Waals surface area contributed by atoms with Crippen molar-refractivity contribution >= 4 is 5.97 Å². The Balaban J connectivity index is 1.69. The predicted molar refractivity (Wildman–Crippen MR) is 101 cm³/mol. The summed E-state index contributed by atoms with van der Waals surface area (Å²) in [6, 6.07) is 10.1. The summed E-state index contributed by atoms with van der Waals surface area (Å²) in [6.07, 6.45) is 5.71. The van der Waals surface area contributed by atoms with E-state index in [1.165, 1.54) is 0 Å². The zero-order valence-electron chi connectivity index (χ0n) is 15.5. The number of piperidine rings is 1. The fraction of sp³-hybridized carbons (Fsp3) is 0.429. The summed E-state index contributed by atoms with van der Waals surface area (Å²) in [4.78, 5) is 18.7. The molecule has 1 aliphatic heterocycles. The largest absolute Gasteiger partial charge is 0.497 e. The fourth-order valence-corrected chi connectivity index (χ4v) is 3.44. The second-order valence-corrected chi connectivity index (χ2v) is 6.64. The minimum Gasteiger partial charge on any atom is -0.497 e. The highest BCUT2D eigenvalue weighted by molar-refractivity contribution is 5.72. The minimum absolute atomic E-state index is 0.0155. The molecule has 5 heteroatoms. The molecule has 3 rings (SSSR count). The smallest absolute Gasteiger partial charge is 0.310 e. The van der Waals surface area contributed by atoms with Crippen molar-refractivity contribution < 1.29 is 14.3 Å². The maximum Gasteiger partial charge on any atom is 0.310 e. The molecule has 5 nitrogen and oxygen atoms in total. The van der Waals surface area contributed by atoms with Crippen LogP contribution in [0.2, 0.25) is 0 Å². The van der Waals surface area contributed by atoms with Crippen LogP contribution in [0.4, 0.5) is 0 Å². The zero-order chi connectivity index (χ0) is 18.4. The molecule has 2 heterocycles. The lowest BCUT2D eigenvalue weighted by atomic mass is 9.97. The van der Waals surface area contributed by atoms with E-state index in [0.717, 1.165) is 54.9 Å². The summed E-state index contributed by atoms with van der Waals surface area (Å²) < 4.78 is 10.5. The van der Waals surface area contributed by atoms with Crippen molar-refractivity contribution in [2.24, 2.45) is 5.92 Å². The molecule has 1 fully saturated rings. The number of hydrogen-bond acceptors (Lipinski definition) is 5. The van der Waals surface area contributed by atoms with Gasteiger partial charge in [-0.1, -0.05) is 12.1 Å². The monoisotopic (exact) mass is 354 g/mol. The number of nitrogens with zero attached hydrogens (tertiary/aromatic N) is 2. The molecule has 0 bridgehead atoms. The summed E-state index contributed by atoms with van der Waals surface area (Å²) in [5.74, 6) is 0.750. The van der Waals surface area contributed by atoms with E-state index in [1.54, 1.807) is 7.11 Å². The molecular formula is C21H26N2O3. The maximum atomic E-state index is 12.0. The van der Waals surface area contributed by atoms with Crippen molar-refractivity contribution in [1.29, 1.82) is 0 Å². The van der Waals surface area contributed by atoms with Gasteiger partial charge in [-0.25, -0.2) is 0 Å². The van der Waals surface area contributed by atoms with E-state index in [4.69, 9.17) is 9.47 Å². The van der Waals surface area contributed by atoms with Crippen LogP contribution in [0.1, 0.15) is 25.3 Å². The first-order chi connectivity index (χ1) is 12.7. The van der Waals surface area contributed by atoms with E-state index in [1.807, 2.05) is 37.5 Å². The Morgan fingerprint density at radius 2 is 2.15 bits per heavy atom. The molecule has 1 unspecified atom stereocenters. The number of hydrogen-bond donors (Lipinski definition) is 0. The standard InChI is InChI=1S/C21H26N2O3/c1-3-26-21(24)18-7-5-9-23(15-18)14-16-10-19(13-22-12-16)17-6-4-8-20(11-17)25-2/h4,6,8,10-13,18H,3,5,7,9,14-15H2,1-2H3. The number of aromatic nitrogens is 1. The van der Waals surface area contributed by atoms with Crippen molar-refractivity contribution in [2.75, 3.05) is 26.8 Å². The van der Waals surface area contributed by atoms with Gasteiger partial charge in [0.1, 0.15) is 5.75 Å². The van der Waals surface area contributed by atoms with E-state index in [2.05, 4.69) is 22.0 Å². The quantitative estimate of drug-likeness (QED) is 0.743. The lowest BCUT2D eigenvalue weighted by molar-refractivity contribution is -0.150. The van der Waals surface area contributed by atoms with Crippen molar-refractivity contribution in [3.63, 3.8) is 0 Å². The van der Waals surface area contributed by atoms with E-state index >= 15 is 0 Å². The number of benzene rings is 1. The summed E-state index contributed by atoms with van der Waals surface area (Å²) in [5.41, 5.74) is 3.30. The molecule has 1 aromatic heterocycles. The number of carbonyl (C=O) groups is 1. The number of methoxy groups -OCH3 is 1. The van der Waals surface area contributed by atoms with E-state index in [0.29, 0.717) is 6.61 Å². The van der Waals surface area contributed by atoms with Gasteiger partial charge in [0.05, 0.1) is 19.6 Å². The van der Waals surface area contributed by atoms with Crippen molar-refractivity contribution in [1.82, 2.24) is 9.88 Å². The van der Waals surface area contributed by atoms with Crippen molar-refractivity contribution in [3.8, 4) is 16.9 Å². The third-order valence-corrected chi connectivity index (χ3v) is 4.73. The fourth-order valence-electron chi connectivity index (χ4n) is 3.44. The van der Waals surface area contributed by atoms with E-state index < -0.39 is 0 Å². The highest BCUT2D eigenvalue weighted by Gasteiger charge is 2.26. The highest BCUT2D eigenvalue weighted by atomic mass is 16.5. The molecule has 0 radical (unpaired) electrons. The first kappa shape index (κ1) is 18.4. The molecule has 2 aromatic rings. The second-order valence-electron chi connectivity index (χ2n) is 6.64. The minimum atomic E-state index is -0.0690. The third kappa shape index (κ3) is 4.61.